The van der Waals surface area contributed by atoms with Crippen molar-refractivity contribution in [3.05, 3.63) is 35.4 Å². The molecule has 2 saturated heterocycles. The van der Waals surface area contributed by atoms with E-state index in [1.807, 2.05) is 31.2 Å². The van der Waals surface area contributed by atoms with Gasteiger partial charge in [-0.15, -0.1) is 0 Å². The van der Waals surface area contributed by atoms with Gasteiger partial charge >= 0.3 is 0 Å². The quantitative estimate of drug-likeness (QED) is 0.470. The maximum Gasteiger partial charge on any atom is 0.161 e. The molecule has 3 rings (SSSR count). The molecule has 0 aliphatic carbocycles. The second-order valence-electron chi connectivity index (χ2n) is 6.31. The maximum atomic E-state index is 5.44. The molecule has 2 unspecified atom stereocenters. The molecule has 2 atom stereocenters. The molecule has 5 heteroatoms. The van der Waals surface area contributed by atoms with Gasteiger partial charge in [0.1, 0.15) is 6.61 Å². The topological polar surface area (TPSA) is 43.3 Å². The van der Waals surface area contributed by atoms with Crippen molar-refractivity contribution in [1.29, 1.82) is 0 Å². The molecular weight excluding hydrogens is 316 g/mol. The molecule has 25 heavy (non-hydrogen) atoms. The van der Waals surface area contributed by atoms with Gasteiger partial charge in [-0.05, 0) is 49.7 Å². The van der Waals surface area contributed by atoms with Crippen molar-refractivity contribution in [2.24, 2.45) is 11.1 Å². The number of ether oxygens (including phenoxy) is 2. The molecule has 0 amide bonds. The van der Waals surface area contributed by atoms with Crippen molar-refractivity contribution in [2.45, 2.75) is 13.3 Å². The first-order valence-corrected chi connectivity index (χ1v) is 8.51. The standard InChI is InChI=1S/C20H24N2O3/c1-15(4-5-16-6-7-19(23-2)20(12-16)24-3)9-11-25-21-18-14-22-10-8-17(18)13-22/h6-7,9,12,17H,8,10-11,13-14H2,1-3H3/b15-9-,21-18-. The molecular formula is C20H24N2O3. The molecule has 1 aromatic rings. The summed E-state index contributed by atoms with van der Waals surface area (Å²) in [7, 11) is 3.24. The van der Waals surface area contributed by atoms with Gasteiger partial charge in [0.25, 0.3) is 0 Å². The first-order chi connectivity index (χ1) is 12.2. The van der Waals surface area contributed by atoms with Crippen molar-refractivity contribution < 1.29 is 14.3 Å². The van der Waals surface area contributed by atoms with Gasteiger partial charge in [0, 0.05) is 24.6 Å². The summed E-state index contributed by atoms with van der Waals surface area (Å²) in [5.41, 5.74) is 3.02. The fraction of sp³-hybridized carbons (Fsp3) is 0.450. The fourth-order valence-corrected chi connectivity index (χ4v) is 3.13. The summed E-state index contributed by atoms with van der Waals surface area (Å²) in [5.74, 6) is 8.23. The van der Waals surface area contributed by atoms with Crippen LogP contribution in [0.4, 0.5) is 0 Å². The monoisotopic (exact) mass is 340 g/mol. The number of oxime groups is 1. The first kappa shape index (κ1) is 17.4. The summed E-state index contributed by atoms with van der Waals surface area (Å²) in [5, 5.41) is 4.29. The highest BCUT2D eigenvalue weighted by Crippen LogP contribution is 2.27. The molecule has 2 bridgehead atoms. The predicted octanol–water partition coefficient (Wildman–Crippen LogP) is 2.71. The van der Waals surface area contributed by atoms with Crippen molar-refractivity contribution in [2.75, 3.05) is 40.5 Å². The van der Waals surface area contributed by atoms with E-state index in [0.717, 1.165) is 24.2 Å². The highest BCUT2D eigenvalue weighted by molar-refractivity contribution is 5.91. The summed E-state index contributed by atoms with van der Waals surface area (Å²) in [6.45, 7) is 5.73. The van der Waals surface area contributed by atoms with Crippen LogP contribution >= 0.6 is 0 Å². The molecule has 1 aromatic carbocycles. The lowest BCUT2D eigenvalue weighted by atomic mass is 10.0. The largest absolute Gasteiger partial charge is 0.493 e. The van der Waals surface area contributed by atoms with Crippen LogP contribution in [-0.2, 0) is 4.84 Å². The third-order valence-electron chi connectivity index (χ3n) is 4.56. The predicted molar refractivity (Wildman–Crippen MR) is 98.1 cm³/mol. The Kier molecular flexibility index (Phi) is 5.62. The Labute approximate surface area is 149 Å². The van der Waals surface area contributed by atoms with E-state index in [9.17, 15) is 0 Å². The molecule has 0 aromatic heterocycles. The zero-order valence-corrected chi connectivity index (χ0v) is 15.0. The van der Waals surface area contributed by atoms with E-state index in [-0.39, 0.29) is 0 Å². The second-order valence-corrected chi connectivity index (χ2v) is 6.31. The Morgan fingerprint density at radius 3 is 2.84 bits per heavy atom. The molecule has 2 fully saturated rings. The van der Waals surface area contributed by atoms with Crippen LogP contribution < -0.4 is 9.47 Å². The minimum Gasteiger partial charge on any atom is -0.493 e. The average molecular weight is 340 g/mol. The molecule has 5 nitrogen and oxygen atoms in total. The highest BCUT2D eigenvalue weighted by atomic mass is 16.6. The van der Waals surface area contributed by atoms with E-state index in [1.165, 1.54) is 18.7 Å². The molecule has 0 radical (unpaired) electrons. The normalized spacial score (nSPS) is 23.3. The van der Waals surface area contributed by atoms with E-state index in [2.05, 4.69) is 21.9 Å². The molecule has 2 aliphatic rings. The summed E-state index contributed by atoms with van der Waals surface area (Å²) >= 11 is 0. The number of benzene rings is 1. The lowest BCUT2D eigenvalue weighted by Gasteiger charge is -2.12. The van der Waals surface area contributed by atoms with Crippen LogP contribution in [0.15, 0.2) is 35.0 Å². The Morgan fingerprint density at radius 1 is 1.32 bits per heavy atom. The number of methoxy groups -OCH3 is 2. The molecule has 0 N–H and O–H groups in total. The second kappa shape index (κ2) is 8.09. The zero-order chi connectivity index (χ0) is 17.6. The number of hydrogen-bond acceptors (Lipinski definition) is 5. The smallest absolute Gasteiger partial charge is 0.161 e. The van der Waals surface area contributed by atoms with Gasteiger partial charge in [-0.1, -0.05) is 17.0 Å². The van der Waals surface area contributed by atoms with Crippen LogP contribution in [0.25, 0.3) is 0 Å². The summed E-state index contributed by atoms with van der Waals surface area (Å²) in [6.07, 6.45) is 3.17. The van der Waals surface area contributed by atoms with Crippen LogP contribution in [0, 0.1) is 17.8 Å². The lowest BCUT2D eigenvalue weighted by molar-refractivity contribution is 0.171. The van der Waals surface area contributed by atoms with Gasteiger partial charge in [0.05, 0.1) is 19.9 Å². The van der Waals surface area contributed by atoms with Gasteiger partial charge in [0.15, 0.2) is 11.5 Å². The molecule has 132 valence electrons. The SMILES string of the molecule is COc1ccc(C#C/C(C)=C\CO/N=C2/CN3CCC2C3)cc1OC. The molecule has 0 saturated carbocycles. The van der Waals surface area contributed by atoms with Gasteiger partial charge in [-0.25, -0.2) is 0 Å². The average Bonchev–Trinajstić information content (AvgIpc) is 3.26. The zero-order valence-electron chi connectivity index (χ0n) is 15.0. The highest BCUT2D eigenvalue weighted by Gasteiger charge is 2.35. The van der Waals surface area contributed by atoms with E-state index >= 15 is 0 Å². The van der Waals surface area contributed by atoms with Gasteiger partial charge < -0.3 is 14.3 Å². The van der Waals surface area contributed by atoms with Crippen molar-refractivity contribution in [3.63, 3.8) is 0 Å². The van der Waals surface area contributed by atoms with Crippen molar-refractivity contribution >= 4 is 5.71 Å². The summed E-state index contributed by atoms with van der Waals surface area (Å²) < 4.78 is 10.5. The third-order valence-corrected chi connectivity index (χ3v) is 4.56. The number of allylic oxidation sites excluding steroid dienone is 1. The Morgan fingerprint density at radius 2 is 2.16 bits per heavy atom. The summed E-state index contributed by atoms with van der Waals surface area (Å²) in [6, 6.07) is 5.63. The van der Waals surface area contributed by atoms with E-state index in [1.54, 1.807) is 14.2 Å². The number of piperidine rings is 1. The number of fused-ring (bicyclic) bond motifs is 2. The van der Waals surface area contributed by atoms with Gasteiger partial charge in [-0.3, -0.25) is 4.90 Å². The minimum atomic E-state index is 0.447. The maximum absolute atomic E-state index is 5.44. The van der Waals surface area contributed by atoms with Crippen LogP contribution in [0.3, 0.4) is 0 Å². The number of hydrogen-bond donors (Lipinski definition) is 0. The van der Waals surface area contributed by atoms with Crippen LogP contribution in [0.2, 0.25) is 0 Å². The van der Waals surface area contributed by atoms with Crippen LogP contribution in [0.5, 0.6) is 11.5 Å². The van der Waals surface area contributed by atoms with E-state index < -0.39 is 0 Å². The number of rotatable bonds is 5. The van der Waals surface area contributed by atoms with Crippen LogP contribution in [-0.4, -0.2) is 51.1 Å². The van der Waals surface area contributed by atoms with E-state index in [4.69, 9.17) is 14.3 Å². The lowest BCUT2D eigenvalue weighted by Crippen LogP contribution is -2.23. The fourth-order valence-electron chi connectivity index (χ4n) is 3.13. The molecule has 2 heterocycles. The Bertz CT molecular complexity index is 743. The van der Waals surface area contributed by atoms with Gasteiger partial charge in [0.2, 0.25) is 0 Å². The number of nitrogens with zero attached hydrogens (tertiary/aromatic N) is 2. The summed E-state index contributed by atoms with van der Waals surface area (Å²) in [4.78, 5) is 7.86. The molecule has 0 spiro atoms. The third kappa shape index (κ3) is 4.34. The Hall–Kier alpha value is -2.45. The van der Waals surface area contributed by atoms with Gasteiger partial charge in [-0.2, -0.15) is 0 Å². The van der Waals surface area contributed by atoms with E-state index in [0.29, 0.717) is 24.0 Å². The van der Waals surface area contributed by atoms with Crippen molar-refractivity contribution in [1.82, 2.24) is 4.90 Å². The molecule has 2 aliphatic heterocycles. The minimum absolute atomic E-state index is 0.447. The first-order valence-electron chi connectivity index (χ1n) is 8.51. The van der Waals surface area contributed by atoms with Crippen LogP contribution in [0.1, 0.15) is 18.9 Å². The van der Waals surface area contributed by atoms with Crippen molar-refractivity contribution in [3.8, 4) is 23.3 Å². The Balaban J connectivity index is 1.53.